The van der Waals surface area contributed by atoms with Gasteiger partial charge in [0, 0.05) is 19.3 Å². The third kappa shape index (κ3) is 2.63. The zero-order valence-corrected chi connectivity index (χ0v) is 11.9. The first-order valence-electron chi connectivity index (χ1n) is 6.14. The fourth-order valence-electron chi connectivity index (χ4n) is 2.10. The van der Waals surface area contributed by atoms with Gasteiger partial charge in [0.25, 0.3) is 0 Å². The van der Waals surface area contributed by atoms with Crippen LogP contribution in [0.4, 0.5) is 5.82 Å². The Hall–Kier alpha value is -1.03. The molecule has 0 unspecified atom stereocenters. The monoisotopic (exact) mass is 295 g/mol. The van der Waals surface area contributed by atoms with Gasteiger partial charge in [-0.25, -0.2) is 4.98 Å². The van der Waals surface area contributed by atoms with Crippen LogP contribution < -0.4 is 4.90 Å². The van der Waals surface area contributed by atoms with Crippen molar-refractivity contribution in [2.75, 3.05) is 18.0 Å². The topological polar surface area (TPSA) is 20.5 Å². The number of pyridine rings is 1. The molecule has 0 radical (unpaired) electrons. The maximum atomic E-state index is 4.43. The van der Waals surface area contributed by atoms with Crippen LogP contribution in [0.1, 0.15) is 26.7 Å². The quantitative estimate of drug-likeness (QED) is 0.838. The van der Waals surface area contributed by atoms with Crippen molar-refractivity contribution < 1.29 is 0 Å². The number of anilines is 1. The van der Waals surface area contributed by atoms with Crippen molar-refractivity contribution in [1.29, 1.82) is 0 Å². The fourth-order valence-corrected chi connectivity index (χ4v) is 2.49. The lowest BCUT2D eigenvalue weighted by molar-refractivity contribution is 0.729. The molecular weight excluding hydrogens is 278 g/mol. The van der Waals surface area contributed by atoms with Crippen molar-refractivity contribution in [3.05, 3.63) is 29.0 Å². The van der Waals surface area contributed by atoms with Gasteiger partial charge in [0.15, 0.2) is 0 Å². The number of imidazole rings is 1. The molecule has 0 spiro atoms. The van der Waals surface area contributed by atoms with E-state index < -0.39 is 0 Å². The second-order valence-corrected chi connectivity index (χ2v) is 4.98. The SMILES string of the molecule is CCCN(CCC)c1cccc2nc(Br)cn12. The molecule has 17 heavy (non-hydrogen) atoms. The molecule has 0 aliphatic carbocycles. The number of fused-ring (bicyclic) bond motifs is 1. The Morgan fingerprint density at radius 2 is 1.94 bits per heavy atom. The van der Waals surface area contributed by atoms with Crippen molar-refractivity contribution in [2.24, 2.45) is 0 Å². The Balaban J connectivity index is 2.44. The third-order valence-electron chi connectivity index (χ3n) is 2.75. The van der Waals surface area contributed by atoms with E-state index in [1.807, 2.05) is 12.3 Å². The Morgan fingerprint density at radius 1 is 1.24 bits per heavy atom. The average Bonchev–Trinajstić information content (AvgIpc) is 2.68. The third-order valence-corrected chi connectivity index (χ3v) is 3.13. The van der Waals surface area contributed by atoms with E-state index in [1.54, 1.807) is 0 Å². The van der Waals surface area contributed by atoms with Crippen LogP contribution >= 0.6 is 15.9 Å². The van der Waals surface area contributed by atoms with Crippen LogP contribution in [0.5, 0.6) is 0 Å². The van der Waals surface area contributed by atoms with Gasteiger partial charge in [-0.3, -0.25) is 4.40 Å². The van der Waals surface area contributed by atoms with Crippen LogP contribution in [-0.2, 0) is 0 Å². The van der Waals surface area contributed by atoms with Crippen molar-refractivity contribution in [3.63, 3.8) is 0 Å². The van der Waals surface area contributed by atoms with Crippen molar-refractivity contribution >= 4 is 27.4 Å². The summed E-state index contributed by atoms with van der Waals surface area (Å²) in [4.78, 5) is 6.85. The Kier molecular flexibility index (Phi) is 4.05. The first kappa shape index (κ1) is 12.4. The normalized spacial score (nSPS) is 11.0. The summed E-state index contributed by atoms with van der Waals surface area (Å²) in [7, 11) is 0. The summed E-state index contributed by atoms with van der Waals surface area (Å²) in [5.74, 6) is 1.23. The molecule has 3 nitrogen and oxygen atoms in total. The highest BCUT2D eigenvalue weighted by Gasteiger charge is 2.09. The minimum atomic E-state index is 0.887. The minimum Gasteiger partial charge on any atom is -0.358 e. The Bertz CT molecular complexity index is 486. The molecule has 0 aliphatic rings. The molecule has 0 aliphatic heterocycles. The molecule has 0 N–H and O–H groups in total. The van der Waals surface area contributed by atoms with Crippen LogP contribution in [0.25, 0.3) is 5.65 Å². The number of rotatable bonds is 5. The lowest BCUT2D eigenvalue weighted by atomic mass is 10.3. The molecule has 0 fully saturated rings. The summed E-state index contributed by atoms with van der Waals surface area (Å²) in [6.07, 6.45) is 4.35. The van der Waals surface area contributed by atoms with Gasteiger partial charge in [0.05, 0.1) is 0 Å². The summed E-state index contributed by atoms with van der Waals surface area (Å²) in [6, 6.07) is 6.26. The lowest BCUT2D eigenvalue weighted by Crippen LogP contribution is -2.26. The van der Waals surface area contributed by atoms with Crippen LogP contribution in [0.15, 0.2) is 29.0 Å². The van der Waals surface area contributed by atoms with Crippen molar-refractivity contribution in [1.82, 2.24) is 9.38 Å². The van der Waals surface area contributed by atoms with E-state index in [4.69, 9.17) is 0 Å². The summed E-state index contributed by atoms with van der Waals surface area (Å²) in [5, 5.41) is 0. The first-order valence-corrected chi connectivity index (χ1v) is 6.94. The smallest absolute Gasteiger partial charge is 0.139 e. The van der Waals surface area contributed by atoms with Crippen molar-refractivity contribution in [3.8, 4) is 0 Å². The molecule has 0 atom stereocenters. The zero-order chi connectivity index (χ0) is 12.3. The number of hydrogen-bond acceptors (Lipinski definition) is 2. The van der Waals surface area contributed by atoms with Gasteiger partial charge < -0.3 is 4.90 Å². The van der Waals surface area contributed by atoms with Gasteiger partial charge in [-0.1, -0.05) is 19.9 Å². The summed E-state index contributed by atoms with van der Waals surface area (Å²) in [5.41, 5.74) is 0.992. The molecule has 0 saturated heterocycles. The fraction of sp³-hybridized carbons (Fsp3) is 0.462. The Labute approximate surface area is 111 Å². The van der Waals surface area contributed by atoms with Crippen LogP contribution in [0.2, 0.25) is 0 Å². The number of hydrogen-bond donors (Lipinski definition) is 0. The van der Waals surface area contributed by atoms with Gasteiger partial charge in [-0.2, -0.15) is 0 Å². The molecule has 4 heteroatoms. The van der Waals surface area contributed by atoms with Gasteiger partial charge in [0.1, 0.15) is 16.1 Å². The largest absolute Gasteiger partial charge is 0.358 e. The van der Waals surface area contributed by atoms with E-state index in [0.29, 0.717) is 0 Å². The first-order chi connectivity index (χ1) is 8.26. The predicted octanol–water partition coefficient (Wildman–Crippen LogP) is 3.72. The van der Waals surface area contributed by atoms with Crippen molar-refractivity contribution in [2.45, 2.75) is 26.7 Å². The number of aromatic nitrogens is 2. The highest BCUT2D eigenvalue weighted by Crippen LogP contribution is 2.20. The van der Waals surface area contributed by atoms with E-state index in [1.165, 1.54) is 5.82 Å². The second kappa shape index (κ2) is 5.54. The maximum absolute atomic E-state index is 4.43. The predicted molar refractivity (Wildman–Crippen MR) is 75.7 cm³/mol. The Morgan fingerprint density at radius 3 is 2.59 bits per heavy atom. The van der Waals surface area contributed by atoms with Gasteiger partial charge in [-0.15, -0.1) is 0 Å². The standard InChI is InChI=1S/C13H18BrN3/c1-3-8-16(9-4-2)13-7-5-6-12-15-11(14)10-17(12)13/h5-7,10H,3-4,8-9H2,1-2H3. The molecule has 92 valence electrons. The van der Waals surface area contributed by atoms with Gasteiger partial charge in [-0.05, 0) is 40.9 Å². The van der Waals surface area contributed by atoms with E-state index >= 15 is 0 Å². The number of halogens is 1. The van der Waals surface area contributed by atoms with Crippen LogP contribution in [0, 0.1) is 0 Å². The van der Waals surface area contributed by atoms with E-state index in [2.05, 4.69) is 56.2 Å². The molecule has 0 saturated carbocycles. The molecular formula is C13H18BrN3. The molecule has 0 aromatic carbocycles. The van der Waals surface area contributed by atoms with E-state index in [-0.39, 0.29) is 0 Å². The highest BCUT2D eigenvalue weighted by molar-refractivity contribution is 9.10. The second-order valence-electron chi connectivity index (χ2n) is 4.16. The summed E-state index contributed by atoms with van der Waals surface area (Å²) < 4.78 is 3.04. The summed E-state index contributed by atoms with van der Waals surface area (Å²) >= 11 is 3.44. The molecule has 2 aromatic heterocycles. The van der Waals surface area contributed by atoms with Crippen LogP contribution in [-0.4, -0.2) is 22.5 Å². The molecule has 2 aromatic rings. The minimum absolute atomic E-state index is 0.887. The summed E-state index contributed by atoms with van der Waals surface area (Å²) in [6.45, 7) is 6.60. The lowest BCUT2D eigenvalue weighted by Gasteiger charge is -2.24. The highest BCUT2D eigenvalue weighted by atomic mass is 79.9. The molecule has 2 heterocycles. The van der Waals surface area contributed by atoms with E-state index in [0.717, 1.165) is 36.2 Å². The zero-order valence-electron chi connectivity index (χ0n) is 10.4. The molecule has 0 amide bonds. The van der Waals surface area contributed by atoms with E-state index in [9.17, 15) is 0 Å². The van der Waals surface area contributed by atoms with Crippen LogP contribution in [0.3, 0.4) is 0 Å². The maximum Gasteiger partial charge on any atom is 0.139 e. The number of nitrogens with zero attached hydrogens (tertiary/aromatic N) is 3. The van der Waals surface area contributed by atoms with Gasteiger partial charge >= 0.3 is 0 Å². The average molecular weight is 296 g/mol. The molecule has 2 rings (SSSR count). The molecule has 0 bridgehead atoms. The van der Waals surface area contributed by atoms with Gasteiger partial charge in [0.2, 0.25) is 0 Å².